The summed E-state index contributed by atoms with van der Waals surface area (Å²) in [6.07, 6.45) is 1.16. The van der Waals surface area contributed by atoms with Crippen LogP contribution >= 0.6 is 0 Å². The minimum Gasteiger partial charge on any atom is -0.316 e. The Hall–Kier alpha value is -3.39. The van der Waals surface area contributed by atoms with Crippen LogP contribution in [0.25, 0.3) is 0 Å². The number of halogens is 1. The first-order valence-corrected chi connectivity index (χ1v) is 11.9. The molecule has 2 aromatic carbocycles. The number of carbonyl (C=O) groups excluding carboxylic acids is 4. The normalized spacial score (nSPS) is 21.5. The van der Waals surface area contributed by atoms with Gasteiger partial charge in [-0.3, -0.25) is 19.2 Å². The number of likely N-dealkylation sites (tertiary alicyclic amines) is 1. The van der Waals surface area contributed by atoms with Crippen molar-refractivity contribution in [3.05, 3.63) is 65.0 Å². The summed E-state index contributed by atoms with van der Waals surface area (Å²) < 4.78 is 14.4. The second kappa shape index (κ2) is 9.34. The molecule has 7 nitrogen and oxygen atoms in total. The lowest BCUT2D eigenvalue weighted by molar-refractivity contribution is -0.143. The summed E-state index contributed by atoms with van der Waals surface area (Å²) in [5.74, 6) is -5.14. The van der Waals surface area contributed by atoms with Gasteiger partial charge in [-0.2, -0.15) is 0 Å². The Labute approximate surface area is 204 Å². The van der Waals surface area contributed by atoms with Crippen molar-refractivity contribution in [2.45, 2.75) is 32.2 Å². The van der Waals surface area contributed by atoms with E-state index >= 15 is 0 Å². The average Bonchev–Trinajstić information content (AvgIpc) is 3.19. The molecule has 0 N–H and O–H groups in total. The van der Waals surface area contributed by atoms with Gasteiger partial charge < -0.3 is 14.7 Å². The highest BCUT2D eigenvalue weighted by molar-refractivity contribution is 6.46. The molecule has 0 aromatic heterocycles. The number of carbonyl (C=O) groups is 4. The SMILES string of the molecule is CCCN1C(=O)C2(c3ccccc31)C(C(=O)c1ccc(C)c(F)c1)C(=O)C(=O)N2CCCN(C)C. The number of benzene rings is 2. The second-order valence-electron chi connectivity index (χ2n) is 9.48. The van der Waals surface area contributed by atoms with E-state index in [0.717, 1.165) is 6.07 Å². The fourth-order valence-electron chi connectivity index (χ4n) is 5.25. The maximum absolute atomic E-state index is 14.4. The fourth-order valence-corrected chi connectivity index (χ4v) is 5.25. The number of rotatable bonds is 8. The van der Waals surface area contributed by atoms with Gasteiger partial charge in [0.25, 0.3) is 11.8 Å². The molecule has 2 unspecified atom stereocenters. The maximum atomic E-state index is 14.4. The number of hydrogen-bond acceptors (Lipinski definition) is 5. The zero-order chi connectivity index (χ0) is 25.5. The maximum Gasteiger partial charge on any atom is 0.292 e. The summed E-state index contributed by atoms with van der Waals surface area (Å²) in [6, 6.07) is 11.0. The molecule has 8 heteroatoms. The van der Waals surface area contributed by atoms with Gasteiger partial charge in [0, 0.05) is 29.9 Å². The first-order valence-electron chi connectivity index (χ1n) is 11.9. The molecular formula is C27H30FN3O4. The smallest absolute Gasteiger partial charge is 0.292 e. The van der Waals surface area contributed by atoms with Crippen molar-refractivity contribution in [1.82, 2.24) is 9.80 Å². The molecule has 2 aliphatic heterocycles. The van der Waals surface area contributed by atoms with Crippen molar-refractivity contribution >= 4 is 29.1 Å². The van der Waals surface area contributed by atoms with Gasteiger partial charge in [0.1, 0.15) is 11.7 Å². The summed E-state index contributed by atoms with van der Waals surface area (Å²) in [5, 5.41) is 0. The molecule has 2 aromatic rings. The first kappa shape index (κ1) is 24.7. The quantitative estimate of drug-likeness (QED) is 0.331. The highest BCUT2D eigenvalue weighted by Crippen LogP contribution is 2.53. The molecule has 1 saturated heterocycles. The van der Waals surface area contributed by atoms with Gasteiger partial charge in [0.05, 0.1) is 0 Å². The predicted molar refractivity (Wildman–Crippen MR) is 130 cm³/mol. The molecular weight excluding hydrogens is 449 g/mol. The van der Waals surface area contributed by atoms with E-state index in [4.69, 9.17) is 0 Å². The van der Waals surface area contributed by atoms with E-state index in [1.54, 1.807) is 36.1 Å². The largest absolute Gasteiger partial charge is 0.316 e. The van der Waals surface area contributed by atoms with E-state index in [2.05, 4.69) is 0 Å². The first-order chi connectivity index (χ1) is 16.7. The number of nitrogens with zero attached hydrogens (tertiary/aromatic N) is 3. The van der Waals surface area contributed by atoms with Crippen molar-refractivity contribution in [3.8, 4) is 0 Å². The Morgan fingerprint density at radius 3 is 2.46 bits per heavy atom. The van der Waals surface area contributed by atoms with Crippen molar-refractivity contribution in [1.29, 1.82) is 0 Å². The monoisotopic (exact) mass is 479 g/mol. The van der Waals surface area contributed by atoms with Gasteiger partial charge in [0.15, 0.2) is 11.3 Å². The third kappa shape index (κ3) is 3.76. The molecule has 184 valence electrons. The van der Waals surface area contributed by atoms with Gasteiger partial charge in [-0.1, -0.05) is 37.3 Å². The number of anilines is 1. The summed E-state index contributed by atoms with van der Waals surface area (Å²) in [7, 11) is 3.79. The standard InChI is InChI=1S/C27H30FN3O4/c1-5-13-30-21-10-7-6-9-19(21)27(26(30)35)22(23(32)18-12-11-17(2)20(28)16-18)24(33)25(34)31(27)15-8-14-29(3)4/h6-7,9-12,16,22H,5,8,13-15H2,1-4H3. The van der Waals surface area contributed by atoms with E-state index in [0.29, 0.717) is 42.7 Å². The molecule has 0 radical (unpaired) electrons. The minimum absolute atomic E-state index is 0.0343. The summed E-state index contributed by atoms with van der Waals surface area (Å²) in [6.45, 7) is 4.64. The molecule has 1 spiro atoms. The van der Waals surface area contributed by atoms with Crippen LogP contribution in [-0.2, 0) is 19.9 Å². The van der Waals surface area contributed by atoms with Gasteiger partial charge in [-0.15, -0.1) is 0 Å². The van der Waals surface area contributed by atoms with Crippen molar-refractivity contribution in [3.63, 3.8) is 0 Å². The molecule has 2 aliphatic rings. The summed E-state index contributed by atoms with van der Waals surface area (Å²) >= 11 is 0. The van der Waals surface area contributed by atoms with Crippen LogP contribution in [0.1, 0.15) is 41.3 Å². The molecule has 4 rings (SSSR count). The van der Waals surface area contributed by atoms with Crippen molar-refractivity contribution < 1.29 is 23.6 Å². The molecule has 1 fully saturated rings. The van der Waals surface area contributed by atoms with E-state index < -0.39 is 40.7 Å². The van der Waals surface area contributed by atoms with E-state index in [9.17, 15) is 23.6 Å². The second-order valence-corrected chi connectivity index (χ2v) is 9.48. The summed E-state index contributed by atoms with van der Waals surface area (Å²) in [4.78, 5) is 59.7. The molecule has 0 saturated carbocycles. The fraction of sp³-hybridized carbons (Fsp3) is 0.407. The number of Topliss-reactive ketones (excluding diaryl/α,β-unsaturated/α-hetero) is 2. The van der Waals surface area contributed by atoms with Gasteiger partial charge in [-0.25, -0.2) is 4.39 Å². The lowest BCUT2D eigenvalue weighted by Gasteiger charge is -2.37. The van der Waals surface area contributed by atoms with Crippen molar-refractivity contribution in [2.24, 2.45) is 5.92 Å². The highest BCUT2D eigenvalue weighted by Gasteiger charge is 2.70. The number of ketones is 2. The van der Waals surface area contributed by atoms with E-state index in [-0.39, 0.29) is 12.1 Å². The predicted octanol–water partition coefficient (Wildman–Crippen LogP) is 2.95. The van der Waals surface area contributed by atoms with Crippen LogP contribution in [0.15, 0.2) is 42.5 Å². The Kier molecular flexibility index (Phi) is 6.60. The molecule has 2 atom stereocenters. The number of amides is 2. The van der Waals surface area contributed by atoms with Crippen LogP contribution in [-0.4, -0.2) is 66.9 Å². The zero-order valence-electron chi connectivity index (χ0n) is 20.5. The molecule has 35 heavy (non-hydrogen) atoms. The molecule has 2 amide bonds. The van der Waals surface area contributed by atoms with E-state index in [1.165, 1.54) is 17.0 Å². The van der Waals surface area contributed by atoms with Gasteiger partial charge >= 0.3 is 0 Å². The third-order valence-corrected chi connectivity index (χ3v) is 6.89. The minimum atomic E-state index is -1.79. The van der Waals surface area contributed by atoms with Crippen LogP contribution in [0.5, 0.6) is 0 Å². The Balaban J connectivity index is 1.92. The summed E-state index contributed by atoms with van der Waals surface area (Å²) in [5.41, 5.74) is -0.411. The topological polar surface area (TPSA) is 78.0 Å². The van der Waals surface area contributed by atoms with Crippen LogP contribution < -0.4 is 4.90 Å². The third-order valence-electron chi connectivity index (χ3n) is 6.89. The van der Waals surface area contributed by atoms with Crippen LogP contribution in [0.4, 0.5) is 10.1 Å². The molecule has 2 heterocycles. The van der Waals surface area contributed by atoms with Crippen LogP contribution in [0.2, 0.25) is 0 Å². The number of aryl methyl sites for hydroxylation is 1. The number of para-hydroxylation sites is 1. The van der Waals surface area contributed by atoms with E-state index in [1.807, 2.05) is 25.9 Å². The van der Waals surface area contributed by atoms with Gasteiger partial charge in [-0.05, 0) is 58.1 Å². The van der Waals surface area contributed by atoms with Crippen LogP contribution in [0.3, 0.4) is 0 Å². The Morgan fingerprint density at radius 2 is 1.80 bits per heavy atom. The van der Waals surface area contributed by atoms with Gasteiger partial charge in [0.2, 0.25) is 5.78 Å². The van der Waals surface area contributed by atoms with Crippen LogP contribution in [0, 0.1) is 18.7 Å². The zero-order valence-corrected chi connectivity index (χ0v) is 20.5. The number of hydrogen-bond donors (Lipinski definition) is 0. The highest BCUT2D eigenvalue weighted by atomic mass is 19.1. The lowest BCUT2D eigenvalue weighted by Crippen LogP contribution is -2.56. The Morgan fingerprint density at radius 1 is 1.09 bits per heavy atom. The molecule has 0 bridgehead atoms. The average molecular weight is 480 g/mol. The lowest BCUT2D eigenvalue weighted by atomic mass is 9.75. The van der Waals surface area contributed by atoms with Crippen molar-refractivity contribution in [2.75, 3.05) is 38.6 Å². The molecule has 0 aliphatic carbocycles. The Bertz CT molecular complexity index is 1210. The number of fused-ring (bicyclic) bond motifs is 2.